The molecule has 2 unspecified atom stereocenters. The van der Waals surface area contributed by atoms with E-state index in [0.717, 1.165) is 25.7 Å². The van der Waals surface area contributed by atoms with E-state index >= 15 is 0 Å². The lowest BCUT2D eigenvalue weighted by molar-refractivity contribution is -0.146. The standard InChI is InChI=1S/C13H20O3/c1-2-3-4-6-9-13(16)10-7-5-8-11(13)12(14)15/h5,7-8,10-11,16H,2-4,6,9H2,1H3,(H,14,15). The van der Waals surface area contributed by atoms with Crippen molar-refractivity contribution in [1.29, 1.82) is 0 Å². The van der Waals surface area contributed by atoms with Crippen LogP contribution in [0.15, 0.2) is 24.3 Å². The first-order chi connectivity index (χ1) is 7.60. The maximum Gasteiger partial charge on any atom is 0.313 e. The minimum absolute atomic E-state index is 0.519. The van der Waals surface area contributed by atoms with E-state index in [1.54, 1.807) is 24.3 Å². The van der Waals surface area contributed by atoms with Crippen molar-refractivity contribution in [2.75, 3.05) is 0 Å². The molecule has 90 valence electrons. The van der Waals surface area contributed by atoms with Gasteiger partial charge in [-0.1, -0.05) is 56.9 Å². The Morgan fingerprint density at radius 1 is 1.31 bits per heavy atom. The second kappa shape index (κ2) is 5.85. The molecular formula is C13H20O3. The summed E-state index contributed by atoms with van der Waals surface area (Å²) in [6.45, 7) is 2.12. The molecule has 0 saturated carbocycles. The lowest BCUT2D eigenvalue weighted by atomic mass is 9.80. The van der Waals surface area contributed by atoms with Crippen LogP contribution in [0.4, 0.5) is 0 Å². The van der Waals surface area contributed by atoms with Crippen molar-refractivity contribution >= 4 is 5.97 Å². The van der Waals surface area contributed by atoms with E-state index in [1.807, 2.05) is 0 Å². The third-order valence-electron chi connectivity index (χ3n) is 3.03. The van der Waals surface area contributed by atoms with E-state index in [2.05, 4.69) is 6.92 Å². The van der Waals surface area contributed by atoms with Crippen LogP contribution in [0.1, 0.15) is 39.0 Å². The molecule has 0 bridgehead atoms. The van der Waals surface area contributed by atoms with Crippen LogP contribution in [0, 0.1) is 5.92 Å². The highest BCUT2D eigenvalue weighted by Gasteiger charge is 2.38. The summed E-state index contributed by atoms with van der Waals surface area (Å²) in [5.74, 6) is -1.77. The van der Waals surface area contributed by atoms with Gasteiger partial charge >= 0.3 is 5.97 Å². The third kappa shape index (κ3) is 3.20. The Morgan fingerprint density at radius 2 is 2.06 bits per heavy atom. The number of allylic oxidation sites excluding steroid dienone is 2. The highest BCUT2D eigenvalue weighted by Crippen LogP contribution is 2.30. The largest absolute Gasteiger partial charge is 0.481 e. The summed E-state index contributed by atoms with van der Waals surface area (Å²) in [6, 6.07) is 0. The Bertz CT molecular complexity index is 294. The quantitative estimate of drug-likeness (QED) is 0.681. The summed E-state index contributed by atoms with van der Waals surface area (Å²) in [5.41, 5.74) is -1.20. The normalized spacial score (nSPS) is 28.2. The van der Waals surface area contributed by atoms with Crippen molar-refractivity contribution in [2.24, 2.45) is 5.92 Å². The molecule has 0 amide bonds. The van der Waals surface area contributed by atoms with Gasteiger partial charge in [-0.25, -0.2) is 0 Å². The molecule has 1 rings (SSSR count). The molecule has 2 N–H and O–H groups in total. The zero-order valence-corrected chi connectivity index (χ0v) is 9.72. The van der Waals surface area contributed by atoms with Gasteiger partial charge in [0.25, 0.3) is 0 Å². The summed E-state index contributed by atoms with van der Waals surface area (Å²) in [6.07, 6.45) is 11.3. The molecule has 0 heterocycles. The molecular weight excluding hydrogens is 204 g/mol. The van der Waals surface area contributed by atoms with Crippen LogP contribution in [-0.4, -0.2) is 21.8 Å². The van der Waals surface area contributed by atoms with Crippen LogP contribution >= 0.6 is 0 Å². The smallest absolute Gasteiger partial charge is 0.313 e. The van der Waals surface area contributed by atoms with Gasteiger partial charge in [-0.05, 0) is 6.42 Å². The van der Waals surface area contributed by atoms with Crippen molar-refractivity contribution in [2.45, 2.75) is 44.6 Å². The van der Waals surface area contributed by atoms with Gasteiger partial charge in [0.1, 0.15) is 5.92 Å². The molecule has 0 aliphatic heterocycles. The summed E-state index contributed by atoms with van der Waals surface area (Å²) >= 11 is 0. The maximum absolute atomic E-state index is 11.0. The van der Waals surface area contributed by atoms with Gasteiger partial charge in [-0.3, -0.25) is 4.79 Å². The number of unbranched alkanes of at least 4 members (excludes halogenated alkanes) is 3. The second-order valence-electron chi connectivity index (χ2n) is 4.36. The average Bonchev–Trinajstić information content (AvgIpc) is 2.25. The van der Waals surface area contributed by atoms with E-state index in [1.165, 1.54) is 0 Å². The SMILES string of the molecule is CCCCCCC1(O)C=CC=CC1C(=O)O. The van der Waals surface area contributed by atoms with Crippen molar-refractivity contribution in [3.8, 4) is 0 Å². The lowest BCUT2D eigenvalue weighted by Crippen LogP contribution is -2.40. The fourth-order valence-corrected chi connectivity index (χ4v) is 2.04. The number of rotatable bonds is 6. The molecule has 0 fully saturated rings. The number of hydrogen-bond donors (Lipinski definition) is 2. The number of aliphatic hydroxyl groups is 1. The molecule has 1 aliphatic carbocycles. The molecule has 1 aliphatic rings. The fourth-order valence-electron chi connectivity index (χ4n) is 2.04. The van der Waals surface area contributed by atoms with E-state index < -0.39 is 17.5 Å². The molecule has 0 aromatic rings. The lowest BCUT2D eigenvalue weighted by Gasteiger charge is -2.31. The minimum Gasteiger partial charge on any atom is -0.481 e. The van der Waals surface area contributed by atoms with E-state index in [-0.39, 0.29) is 0 Å². The number of carbonyl (C=O) groups is 1. The number of carboxylic acids is 1. The fraction of sp³-hybridized carbons (Fsp3) is 0.615. The van der Waals surface area contributed by atoms with E-state index in [4.69, 9.17) is 5.11 Å². The highest BCUT2D eigenvalue weighted by atomic mass is 16.4. The van der Waals surface area contributed by atoms with Crippen molar-refractivity contribution in [3.05, 3.63) is 24.3 Å². The van der Waals surface area contributed by atoms with Gasteiger partial charge in [0.2, 0.25) is 0 Å². The van der Waals surface area contributed by atoms with Crippen LogP contribution in [0.3, 0.4) is 0 Å². The van der Waals surface area contributed by atoms with Gasteiger partial charge in [0.15, 0.2) is 0 Å². The Balaban J connectivity index is 2.55. The van der Waals surface area contributed by atoms with E-state index in [9.17, 15) is 9.90 Å². The third-order valence-corrected chi connectivity index (χ3v) is 3.03. The van der Waals surface area contributed by atoms with Crippen LogP contribution in [0.2, 0.25) is 0 Å². The Morgan fingerprint density at radius 3 is 2.69 bits per heavy atom. The first-order valence-electron chi connectivity index (χ1n) is 5.91. The molecule has 0 radical (unpaired) electrons. The van der Waals surface area contributed by atoms with Crippen LogP contribution < -0.4 is 0 Å². The molecule has 2 atom stereocenters. The molecule has 0 saturated heterocycles. The van der Waals surface area contributed by atoms with Crippen molar-refractivity contribution in [3.63, 3.8) is 0 Å². The van der Waals surface area contributed by atoms with Crippen molar-refractivity contribution in [1.82, 2.24) is 0 Å². The first kappa shape index (κ1) is 13.0. The number of carboxylic acid groups (broad SMARTS) is 1. The van der Waals surface area contributed by atoms with E-state index in [0.29, 0.717) is 6.42 Å². The molecule has 3 nitrogen and oxygen atoms in total. The maximum atomic E-state index is 11.0. The Labute approximate surface area is 96.5 Å². The number of hydrogen-bond acceptors (Lipinski definition) is 2. The minimum atomic E-state index is -1.20. The summed E-state index contributed by atoms with van der Waals surface area (Å²) in [5, 5.41) is 19.3. The summed E-state index contributed by atoms with van der Waals surface area (Å²) < 4.78 is 0. The molecule has 0 aromatic carbocycles. The van der Waals surface area contributed by atoms with Gasteiger partial charge < -0.3 is 10.2 Å². The summed E-state index contributed by atoms with van der Waals surface area (Å²) in [4.78, 5) is 11.0. The van der Waals surface area contributed by atoms with Gasteiger partial charge in [-0.15, -0.1) is 0 Å². The second-order valence-corrected chi connectivity index (χ2v) is 4.36. The van der Waals surface area contributed by atoms with Gasteiger partial charge in [-0.2, -0.15) is 0 Å². The van der Waals surface area contributed by atoms with Crippen LogP contribution in [0.5, 0.6) is 0 Å². The van der Waals surface area contributed by atoms with Crippen LogP contribution in [-0.2, 0) is 4.79 Å². The average molecular weight is 224 g/mol. The predicted molar refractivity (Wildman–Crippen MR) is 63.1 cm³/mol. The molecule has 0 aromatic heterocycles. The van der Waals surface area contributed by atoms with Gasteiger partial charge in [0.05, 0.1) is 5.60 Å². The Hall–Kier alpha value is -1.09. The topological polar surface area (TPSA) is 57.5 Å². The summed E-state index contributed by atoms with van der Waals surface area (Å²) in [7, 11) is 0. The molecule has 3 heteroatoms. The zero-order valence-electron chi connectivity index (χ0n) is 9.72. The van der Waals surface area contributed by atoms with Crippen molar-refractivity contribution < 1.29 is 15.0 Å². The number of aliphatic carboxylic acids is 1. The van der Waals surface area contributed by atoms with Gasteiger partial charge in [0, 0.05) is 0 Å². The monoisotopic (exact) mass is 224 g/mol. The molecule has 16 heavy (non-hydrogen) atoms. The predicted octanol–water partition coefficient (Wildman–Crippen LogP) is 2.51. The molecule has 0 spiro atoms. The van der Waals surface area contributed by atoms with Crippen LogP contribution in [0.25, 0.3) is 0 Å². The zero-order chi connectivity index (χ0) is 12.0. The first-order valence-corrected chi connectivity index (χ1v) is 5.91. The highest BCUT2D eigenvalue weighted by molar-refractivity contribution is 5.75. The Kier molecular flexibility index (Phi) is 4.74.